The summed E-state index contributed by atoms with van der Waals surface area (Å²) in [5.41, 5.74) is -1.64. The summed E-state index contributed by atoms with van der Waals surface area (Å²) in [6, 6.07) is 17.2. The van der Waals surface area contributed by atoms with Crippen LogP contribution in [0.5, 0.6) is 11.5 Å². The maximum absolute atomic E-state index is 14.8. The molecule has 0 spiro atoms. The quantitative estimate of drug-likeness (QED) is 0.130. The molecule has 0 saturated carbocycles. The van der Waals surface area contributed by atoms with Gasteiger partial charge < -0.3 is 34.6 Å². The molecule has 1 aliphatic heterocycles. The first-order valence-corrected chi connectivity index (χ1v) is 14.6. The number of amides is 2. The summed E-state index contributed by atoms with van der Waals surface area (Å²) in [6.45, 7) is -0.469. The number of phenols is 1. The molecule has 3 aromatic rings. The van der Waals surface area contributed by atoms with E-state index in [0.29, 0.717) is 0 Å². The fraction of sp³-hybridized carbons (Fsp3) is 0.290. The number of ether oxygens (including phenoxy) is 3. The van der Waals surface area contributed by atoms with E-state index >= 15 is 0 Å². The predicted molar refractivity (Wildman–Crippen MR) is 158 cm³/mol. The van der Waals surface area contributed by atoms with Crippen LogP contribution in [0.3, 0.4) is 0 Å². The zero-order valence-corrected chi connectivity index (χ0v) is 24.5. The molecule has 3 N–H and O–H groups in total. The lowest BCUT2D eigenvalue weighted by Crippen LogP contribution is -2.62. The number of ketones is 1. The van der Waals surface area contributed by atoms with Gasteiger partial charge in [-0.25, -0.2) is 9.59 Å². The Morgan fingerprint density at radius 3 is 2.40 bits per heavy atom. The van der Waals surface area contributed by atoms with Crippen molar-refractivity contribution in [3.63, 3.8) is 0 Å². The summed E-state index contributed by atoms with van der Waals surface area (Å²) in [5, 5.41) is 22.4. The van der Waals surface area contributed by atoms with Gasteiger partial charge in [-0.05, 0) is 73.7 Å². The Hall–Kier alpha value is -4.55. The Kier molecular flexibility index (Phi) is 10.3. The summed E-state index contributed by atoms with van der Waals surface area (Å²) in [5.74, 6) is -2.02. The first kappa shape index (κ1) is 31.4. The van der Waals surface area contributed by atoms with Gasteiger partial charge >= 0.3 is 12.1 Å². The van der Waals surface area contributed by atoms with E-state index in [4.69, 9.17) is 14.2 Å². The number of likely N-dealkylation sites (tertiary alicyclic amines) is 1. The van der Waals surface area contributed by atoms with Gasteiger partial charge in [0.05, 0.1) is 17.2 Å². The van der Waals surface area contributed by atoms with E-state index in [-0.39, 0.29) is 60.9 Å². The van der Waals surface area contributed by atoms with Crippen molar-refractivity contribution in [2.24, 2.45) is 0 Å². The number of hydrogen-bond acceptors (Lipinski definition) is 9. The van der Waals surface area contributed by atoms with Gasteiger partial charge in [0.1, 0.15) is 11.5 Å². The Morgan fingerprint density at radius 1 is 1.02 bits per heavy atom. The zero-order chi connectivity index (χ0) is 31.0. The van der Waals surface area contributed by atoms with Gasteiger partial charge in [0, 0.05) is 30.7 Å². The average molecular weight is 609 g/mol. The third-order valence-corrected chi connectivity index (χ3v) is 7.81. The Morgan fingerprint density at radius 2 is 1.74 bits per heavy atom. The number of carbonyl (C=O) groups excluding carboxylic acids is 3. The number of carbonyl (C=O) groups is 4. The van der Waals surface area contributed by atoms with Gasteiger partial charge in [0.15, 0.2) is 12.4 Å². The number of Topliss-reactive ketones (excluding diaryl/α,β-unsaturated/α-hetero) is 1. The SMILES string of the molecule is COCOc1ccc(SC)cc1C(=O)[C@@]1(OC(=O)c2ccccc2)CCCN(C(=O)O)C[C@H]1NC(=O)c1ccc(O)cc1. The molecule has 1 fully saturated rings. The van der Waals surface area contributed by atoms with Crippen LogP contribution < -0.4 is 10.1 Å². The Bertz CT molecular complexity index is 1470. The number of methoxy groups -OCH3 is 1. The molecule has 0 radical (unpaired) electrons. The number of phenolic OH excluding ortho intramolecular Hbond substituents is 1. The van der Waals surface area contributed by atoms with Crippen molar-refractivity contribution in [3.05, 3.63) is 89.5 Å². The molecule has 0 aliphatic carbocycles. The van der Waals surface area contributed by atoms with Crippen molar-refractivity contribution >= 4 is 35.5 Å². The molecule has 3 aromatic carbocycles. The zero-order valence-electron chi connectivity index (χ0n) is 23.6. The molecule has 1 aliphatic rings. The highest BCUT2D eigenvalue weighted by molar-refractivity contribution is 7.98. The standard InChI is InChI=1S/C31H32N2O9S/c1-40-19-41-25-14-13-23(43-2)17-24(25)27(35)31(42-29(37)21-7-4-3-5-8-21)15-6-16-33(30(38)39)18-26(31)32-28(36)20-9-11-22(34)12-10-20/h3-5,7-14,17,26,34H,6,15-16,18-19H2,1-2H3,(H,32,36)(H,38,39)/t26-,31-/m1/s1. The van der Waals surface area contributed by atoms with Crippen LogP contribution in [0.2, 0.25) is 0 Å². The van der Waals surface area contributed by atoms with Crippen molar-refractivity contribution < 1.29 is 43.6 Å². The summed E-state index contributed by atoms with van der Waals surface area (Å²) in [4.78, 5) is 55.8. The Labute approximate surface area is 252 Å². The molecule has 0 aromatic heterocycles. The highest BCUT2D eigenvalue weighted by atomic mass is 32.2. The number of carboxylic acid groups (broad SMARTS) is 1. The molecule has 2 atom stereocenters. The number of thioether (sulfide) groups is 1. The van der Waals surface area contributed by atoms with E-state index in [1.807, 2.05) is 6.26 Å². The summed E-state index contributed by atoms with van der Waals surface area (Å²) < 4.78 is 16.9. The lowest BCUT2D eigenvalue weighted by atomic mass is 9.81. The van der Waals surface area contributed by atoms with E-state index in [1.165, 1.54) is 55.3 Å². The lowest BCUT2D eigenvalue weighted by molar-refractivity contribution is -0.0274. The van der Waals surface area contributed by atoms with Gasteiger partial charge in [-0.15, -0.1) is 11.8 Å². The fourth-order valence-electron chi connectivity index (χ4n) is 4.88. The molecule has 12 heteroatoms. The van der Waals surface area contributed by atoms with Gasteiger partial charge in [-0.1, -0.05) is 18.2 Å². The molecule has 0 unspecified atom stereocenters. The van der Waals surface area contributed by atoms with Crippen LogP contribution in [0, 0.1) is 0 Å². The number of rotatable bonds is 10. The predicted octanol–water partition coefficient (Wildman–Crippen LogP) is 4.45. The third kappa shape index (κ3) is 7.27. The van der Waals surface area contributed by atoms with Gasteiger partial charge in [0.25, 0.3) is 5.91 Å². The highest BCUT2D eigenvalue weighted by Crippen LogP contribution is 2.36. The Balaban J connectivity index is 1.88. The van der Waals surface area contributed by atoms with Crippen molar-refractivity contribution in [1.29, 1.82) is 0 Å². The van der Waals surface area contributed by atoms with Gasteiger partial charge in [-0.3, -0.25) is 9.59 Å². The normalized spacial score (nSPS) is 18.3. The van der Waals surface area contributed by atoms with Crippen molar-refractivity contribution in [2.45, 2.75) is 29.4 Å². The summed E-state index contributed by atoms with van der Waals surface area (Å²) in [6.07, 6.45) is 0.640. The van der Waals surface area contributed by atoms with E-state index < -0.39 is 35.4 Å². The van der Waals surface area contributed by atoms with Crippen LogP contribution in [0.1, 0.15) is 43.9 Å². The molecular formula is C31H32N2O9S. The minimum absolute atomic E-state index is 0.0384. The number of aromatic hydroxyl groups is 1. The lowest BCUT2D eigenvalue weighted by Gasteiger charge is -2.39. The maximum Gasteiger partial charge on any atom is 0.407 e. The van der Waals surface area contributed by atoms with Crippen LogP contribution in [0.15, 0.2) is 77.7 Å². The summed E-state index contributed by atoms with van der Waals surface area (Å²) >= 11 is 1.38. The molecule has 1 heterocycles. The average Bonchev–Trinajstić information content (AvgIpc) is 3.20. The smallest absolute Gasteiger partial charge is 0.407 e. The highest BCUT2D eigenvalue weighted by Gasteiger charge is 2.53. The number of hydrogen-bond donors (Lipinski definition) is 3. The maximum atomic E-state index is 14.8. The van der Waals surface area contributed by atoms with E-state index in [0.717, 1.165) is 9.80 Å². The van der Waals surface area contributed by atoms with E-state index in [9.17, 15) is 29.4 Å². The molecule has 4 rings (SSSR count). The molecule has 0 bridgehead atoms. The monoisotopic (exact) mass is 608 g/mol. The summed E-state index contributed by atoms with van der Waals surface area (Å²) in [7, 11) is 1.43. The van der Waals surface area contributed by atoms with Crippen LogP contribution >= 0.6 is 11.8 Å². The largest absolute Gasteiger partial charge is 0.508 e. The minimum atomic E-state index is -2.04. The second-order valence-electron chi connectivity index (χ2n) is 9.79. The van der Waals surface area contributed by atoms with E-state index in [2.05, 4.69) is 5.32 Å². The van der Waals surface area contributed by atoms with E-state index in [1.54, 1.807) is 36.4 Å². The minimum Gasteiger partial charge on any atom is -0.508 e. The first-order chi connectivity index (χ1) is 20.7. The molecular weight excluding hydrogens is 576 g/mol. The van der Waals surface area contributed by atoms with Crippen LogP contribution in [0.4, 0.5) is 4.79 Å². The van der Waals surface area contributed by atoms with Crippen LogP contribution in [-0.4, -0.2) is 83.8 Å². The van der Waals surface area contributed by atoms with Gasteiger partial charge in [0.2, 0.25) is 5.78 Å². The number of benzene rings is 3. The van der Waals surface area contributed by atoms with Crippen molar-refractivity contribution in [2.75, 3.05) is 33.2 Å². The van der Waals surface area contributed by atoms with Crippen LogP contribution in [0.25, 0.3) is 0 Å². The molecule has 1 saturated heterocycles. The number of esters is 1. The topological polar surface area (TPSA) is 152 Å². The first-order valence-electron chi connectivity index (χ1n) is 13.4. The number of nitrogens with zero attached hydrogens (tertiary/aromatic N) is 1. The van der Waals surface area contributed by atoms with Crippen LogP contribution in [-0.2, 0) is 9.47 Å². The van der Waals surface area contributed by atoms with Gasteiger partial charge in [-0.2, -0.15) is 0 Å². The molecule has 2 amide bonds. The van der Waals surface area contributed by atoms with Crippen molar-refractivity contribution in [3.8, 4) is 11.5 Å². The fourth-order valence-corrected chi connectivity index (χ4v) is 5.32. The molecule has 226 valence electrons. The third-order valence-electron chi connectivity index (χ3n) is 7.08. The second-order valence-corrected chi connectivity index (χ2v) is 10.7. The number of nitrogens with one attached hydrogen (secondary N) is 1. The second kappa shape index (κ2) is 14.1. The van der Waals surface area contributed by atoms with Crippen molar-refractivity contribution in [1.82, 2.24) is 10.2 Å². The molecule has 11 nitrogen and oxygen atoms in total. The molecule has 43 heavy (non-hydrogen) atoms.